The van der Waals surface area contributed by atoms with Gasteiger partial charge in [0, 0.05) is 31.4 Å². The largest absolute Gasteiger partial charge is 0.355 e. The fraction of sp³-hybridized carbons (Fsp3) is 0.692. The molecule has 2 N–H and O–H groups in total. The van der Waals surface area contributed by atoms with E-state index in [1.165, 1.54) is 0 Å². The third kappa shape index (κ3) is 3.10. The maximum Gasteiger partial charge on any atom is 0.237 e. The van der Waals surface area contributed by atoms with Crippen LogP contribution in [0.25, 0.3) is 0 Å². The molecule has 1 fully saturated rings. The summed E-state index contributed by atoms with van der Waals surface area (Å²) >= 11 is 0. The van der Waals surface area contributed by atoms with E-state index in [0.717, 1.165) is 38.3 Å². The molecule has 100 valence electrons. The van der Waals surface area contributed by atoms with Crippen molar-refractivity contribution >= 4 is 5.91 Å². The molecule has 1 aromatic heterocycles. The number of carbonyl (C=O) groups is 1. The lowest BCUT2D eigenvalue weighted by molar-refractivity contribution is -0.124. The lowest BCUT2D eigenvalue weighted by Gasteiger charge is -2.26. The zero-order valence-electron chi connectivity index (χ0n) is 11.1. The number of hydrogen-bond donors (Lipinski definition) is 2. The topological polar surface area (TPSA) is 59.0 Å². The molecule has 0 saturated carbocycles. The number of carbonyl (C=O) groups excluding carboxylic acids is 1. The lowest BCUT2D eigenvalue weighted by Crippen LogP contribution is -2.53. The Hall–Kier alpha value is -1.36. The van der Waals surface area contributed by atoms with Crippen LogP contribution in [0.1, 0.15) is 38.4 Å². The van der Waals surface area contributed by atoms with Crippen LogP contribution in [-0.4, -0.2) is 34.6 Å². The molecule has 0 aliphatic carbocycles. The number of aryl methyl sites for hydroxylation is 1. The van der Waals surface area contributed by atoms with Crippen molar-refractivity contribution in [2.45, 2.75) is 45.2 Å². The minimum Gasteiger partial charge on any atom is -0.355 e. The molecule has 1 atom stereocenters. The van der Waals surface area contributed by atoms with Crippen molar-refractivity contribution in [1.29, 1.82) is 0 Å². The quantitative estimate of drug-likeness (QED) is 0.737. The van der Waals surface area contributed by atoms with E-state index in [0.29, 0.717) is 5.92 Å². The van der Waals surface area contributed by atoms with Crippen LogP contribution in [0, 0.1) is 0 Å². The van der Waals surface area contributed by atoms with Crippen LogP contribution in [0.2, 0.25) is 0 Å². The summed E-state index contributed by atoms with van der Waals surface area (Å²) in [5.74, 6) is 1.69. The maximum absolute atomic E-state index is 11.6. The first-order valence-electron chi connectivity index (χ1n) is 6.70. The van der Waals surface area contributed by atoms with Gasteiger partial charge in [-0.2, -0.15) is 0 Å². The maximum atomic E-state index is 11.6. The van der Waals surface area contributed by atoms with Gasteiger partial charge in [0.05, 0.1) is 6.04 Å². The molecule has 0 aromatic carbocycles. The van der Waals surface area contributed by atoms with Crippen LogP contribution in [0.5, 0.6) is 0 Å². The molecule has 2 heterocycles. The van der Waals surface area contributed by atoms with Crippen LogP contribution in [0.15, 0.2) is 12.4 Å². The molecule has 1 aliphatic rings. The van der Waals surface area contributed by atoms with E-state index < -0.39 is 0 Å². The summed E-state index contributed by atoms with van der Waals surface area (Å²) in [6, 6.07) is 0.0458. The monoisotopic (exact) mass is 250 g/mol. The zero-order valence-corrected chi connectivity index (χ0v) is 11.1. The predicted octanol–water partition coefficient (Wildman–Crippen LogP) is 0.875. The second-order valence-electron chi connectivity index (χ2n) is 5.07. The molecule has 1 aliphatic heterocycles. The summed E-state index contributed by atoms with van der Waals surface area (Å²) in [7, 11) is 0. The normalized spacial score (nSPS) is 18.7. The highest BCUT2D eigenvalue weighted by Crippen LogP contribution is 2.11. The summed E-state index contributed by atoms with van der Waals surface area (Å²) in [6.45, 7) is 6.88. The average molecular weight is 250 g/mol. The summed E-state index contributed by atoms with van der Waals surface area (Å²) < 4.78 is 2.17. The minimum absolute atomic E-state index is 0.0458. The molecule has 5 nitrogen and oxygen atoms in total. The van der Waals surface area contributed by atoms with E-state index in [1.807, 2.05) is 12.4 Å². The Morgan fingerprint density at radius 2 is 2.44 bits per heavy atom. The Bertz CT molecular complexity index is 395. The van der Waals surface area contributed by atoms with E-state index in [-0.39, 0.29) is 11.9 Å². The van der Waals surface area contributed by atoms with Gasteiger partial charge >= 0.3 is 0 Å². The van der Waals surface area contributed by atoms with E-state index in [2.05, 4.69) is 34.0 Å². The summed E-state index contributed by atoms with van der Waals surface area (Å²) in [4.78, 5) is 15.9. The first-order valence-corrected chi connectivity index (χ1v) is 6.70. The van der Waals surface area contributed by atoms with Crippen molar-refractivity contribution in [3.8, 4) is 0 Å². The Morgan fingerprint density at radius 3 is 3.06 bits per heavy atom. The fourth-order valence-electron chi connectivity index (χ4n) is 2.11. The molecule has 2 rings (SSSR count). The Labute approximate surface area is 108 Å². The predicted molar refractivity (Wildman–Crippen MR) is 70.4 cm³/mol. The van der Waals surface area contributed by atoms with Gasteiger partial charge in [0.2, 0.25) is 5.91 Å². The third-order valence-corrected chi connectivity index (χ3v) is 3.28. The highest BCUT2D eigenvalue weighted by molar-refractivity contribution is 5.82. The molecule has 18 heavy (non-hydrogen) atoms. The number of hydrogen-bond acceptors (Lipinski definition) is 3. The highest BCUT2D eigenvalue weighted by atomic mass is 16.2. The van der Waals surface area contributed by atoms with Crippen LogP contribution >= 0.6 is 0 Å². The fourth-order valence-corrected chi connectivity index (χ4v) is 2.11. The van der Waals surface area contributed by atoms with E-state index >= 15 is 0 Å². The van der Waals surface area contributed by atoms with Crippen molar-refractivity contribution in [2.24, 2.45) is 0 Å². The van der Waals surface area contributed by atoms with E-state index in [4.69, 9.17) is 0 Å². The Kier molecular flexibility index (Phi) is 4.36. The number of nitrogens with zero attached hydrogens (tertiary/aromatic N) is 2. The minimum atomic E-state index is 0.0458. The third-order valence-electron chi connectivity index (χ3n) is 3.28. The molecule has 0 unspecified atom stereocenters. The van der Waals surface area contributed by atoms with Gasteiger partial charge in [-0.15, -0.1) is 0 Å². The van der Waals surface area contributed by atoms with Crippen molar-refractivity contribution in [3.05, 3.63) is 18.2 Å². The molecule has 0 spiro atoms. The number of rotatable bonds is 6. The standard InChI is InChI=1S/C13H22N4O/c1-10(2)12-15-7-9-17(12)8-3-5-16-13(18)11-4-6-14-11/h7,9-11,14H,3-6,8H2,1-2H3,(H,16,18)/t11-/m0/s1. The Balaban J connectivity index is 1.68. The Morgan fingerprint density at radius 1 is 1.67 bits per heavy atom. The summed E-state index contributed by atoms with van der Waals surface area (Å²) in [5.41, 5.74) is 0. The zero-order chi connectivity index (χ0) is 13.0. The highest BCUT2D eigenvalue weighted by Gasteiger charge is 2.23. The smallest absolute Gasteiger partial charge is 0.237 e. The van der Waals surface area contributed by atoms with Gasteiger partial charge < -0.3 is 15.2 Å². The molecule has 5 heteroatoms. The second kappa shape index (κ2) is 6.00. The van der Waals surface area contributed by atoms with Crippen molar-refractivity contribution in [3.63, 3.8) is 0 Å². The molecular formula is C13H22N4O. The van der Waals surface area contributed by atoms with Gasteiger partial charge in [-0.3, -0.25) is 4.79 Å². The van der Waals surface area contributed by atoms with Crippen LogP contribution in [-0.2, 0) is 11.3 Å². The van der Waals surface area contributed by atoms with Gasteiger partial charge in [-0.1, -0.05) is 13.8 Å². The molecule has 1 aromatic rings. The molecule has 1 saturated heterocycles. The van der Waals surface area contributed by atoms with Crippen LogP contribution < -0.4 is 10.6 Å². The lowest BCUT2D eigenvalue weighted by atomic mass is 10.1. The van der Waals surface area contributed by atoms with Gasteiger partial charge in [0.1, 0.15) is 5.82 Å². The molecule has 0 radical (unpaired) electrons. The molecule has 1 amide bonds. The van der Waals surface area contributed by atoms with Crippen LogP contribution in [0.4, 0.5) is 0 Å². The van der Waals surface area contributed by atoms with Gasteiger partial charge in [0.15, 0.2) is 0 Å². The van der Waals surface area contributed by atoms with Gasteiger partial charge in [-0.25, -0.2) is 4.98 Å². The second-order valence-corrected chi connectivity index (χ2v) is 5.07. The number of amides is 1. The van der Waals surface area contributed by atoms with E-state index in [9.17, 15) is 4.79 Å². The van der Waals surface area contributed by atoms with E-state index in [1.54, 1.807) is 0 Å². The number of aromatic nitrogens is 2. The summed E-state index contributed by atoms with van der Waals surface area (Å²) in [6.07, 6.45) is 5.75. The van der Waals surface area contributed by atoms with Gasteiger partial charge in [-0.05, 0) is 19.4 Å². The van der Waals surface area contributed by atoms with Crippen LogP contribution in [0.3, 0.4) is 0 Å². The van der Waals surface area contributed by atoms with Gasteiger partial charge in [0.25, 0.3) is 0 Å². The van der Waals surface area contributed by atoms with Crippen molar-refractivity contribution in [2.75, 3.05) is 13.1 Å². The molecule has 0 bridgehead atoms. The van der Waals surface area contributed by atoms with Crippen molar-refractivity contribution < 1.29 is 4.79 Å². The summed E-state index contributed by atoms with van der Waals surface area (Å²) in [5, 5.41) is 6.06. The first-order chi connectivity index (χ1) is 8.68. The van der Waals surface area contributed by atoms with Crippen molar-refractivity contribution in [1.82, 2.24) is 20.2 Å². The SMILES string of the molecule is CC(C)c1nccn1CCCNC(=O)[C@@H]1CCN1. The number of imidazole rings is 1. The average Bonchev–Trinajstić information content (AvgIpc) is 2.70. The number of nitrogens with one attached hydrogen (secondary N) is 2. The molecular weight excluding hydrogens is 228 g/mol. The first kappa shape index (κ1) is 13.1.